The van der Waals surface area contributed by atoms with E-state index in [1.807, 2.05) is 0 Å². The molecule has 0 fully saturated rings. The van der Waals surface area contributed by atoms with Crippen LogP contribution in [0.4, 0.5) is 13.2 Å². The first-order valence-electron chi connectivity index (χ1n) is 4.59. The molecule has 0 radical (unpaired) electrons. The number of alkyl halides is 3. The Labute approximate surface area is 93.3 Å². The Balaban J connectivity index is 2.68. The van der Waals surface area contributed by atoms with Gasteiger partial charge in [-0.3, -0.25) is 4.57 Å². The first-order valence-corrected chi connectivity index (χ1v) is 4.59. The molecule has 0 spiro atoms. The monoisotopic (exact) mass is 244 g/mol. The van der Waals surface area contributed by atoms with Gasteiger partial charge in [-0.2, -0.15) is 18.2 Å². The lowest BCUT2D eigenvalue weighted by atomic mass is 10.2. The first kappa shape index (κ1) is 11.4. The van der Waals surface area contributed by atoms with Crippen molar-refractivity contribution in [1.29, 1.82) is 0 Å². The van der Waals surface area contributed by atoms with Crippen molar-refractivity contribution in [3.8, 4) is 11.5 Å². The Hall–Kier alpha value is -2.05. The van der Waals surface area contributed by atoms with Crippen LogP contribution in [0.1, 0.15) is 5.69 Å². The van der Waals surface area contributed by atoms with E-state index < -0.39 is 17.6 Å². The van der Waals surface area contributed by atoms with Gasteiger partial charge in [0.1, 0.15) is 5.76 Å². The number of rotatable bonds is 1. The molecule has 0 atom stereocenters. The smallest absolute Gasteiger partial charge is 0.433 e. The molecular weight excluding hydrogens is 237 g/mol. The van der Waals surface area contributed by atoms with Crippen molar-refractivity contribution < 1.29 is 17.6 Å². The molecule has 90 valence electrons. The molecule has 2 aromatic rings. The molecule has 0 aliphatic heterocycles. The van der Waals surface area contributed by atoms with Crippen molar-refractivity contribution in [2.45, 2.75) is 6.18 Å². The van der Waals surface area contributed by atoms with Crippen LogP contribution < -0.4 is 5.69 Å². The lowest BCUT2D eigenvalue weighted by Gasteiger charge is -2.09. The number of nitrogens with zero attached hydrogens (tertiary/aromatic N) is 2. The number of aromatic nitrogens is 2. The molecule has 0 aliphatic carbocycles. The predicted molar refractivity (Wildman–Crippen MR) is 52.2 cm³/mol. The third kappa shape index (κ3) is 2.08. The fourth-order valence-electron chi connectivity index (χ4n) is 1.35. The fraction of sp³-hybridized carbons (Fsp3) is 0.200. The van der Waals surface area contributed by atoms with E-state index in [1.165, 1.54) is 25.4 Å². The van der Waals surface area contributed by atoms with Gasteiger partial charge in [-0.25, -0.2) is 4.79 Å². The fourth-order valence-corrected chi connectivity index (χ4v) is 1.35. The minimum Gasteiger partial charge on any atom is -0.463 e. The van der Waals surface area contributed by atoms with Crippen LogP contribution in [0.5, 0.6) is 0 Å². The summed E-state index contributed by atoms with van der Waals surface area (Å²) in [4.78, 5) is 14.3. The second-order valence-electron chi connectivity index (χ2n) is 3.34. The summed E-state index contributed by atoms with van der Waals surface area (Å²) in [6.45, 7) is 0. The minimum absolute atomic E-state index is 0.0299. The highest BCUT2D eigenvalue weighted by Crippen LogP contribution is 2.29. The number of hydrogen-bond donors (Lipinski definition) is 0. The quantitative estimate of drug-likeness (QED) is 0.771. The molecule has 0 saturated heterocycles. The number of halogens is 3. The third-order valence-corrected chi connectivity index (χ3v) is 2.20. The van der Waals surface area contributed by atoms with Crippen molar-refractivity contribution in [2.24, 2.45) is 7.05 Å². The first-order chi connectivity index (χ1) is 7.89. The van der Waals surface area contributed by atoms with Crippen molar-refractivity contribution in [1.82, 2.24) is 9.55 Å². The van der Waals surface area contributed by atoms with Crippen LogP contribution in [-0.4, -0.2) is 9.55 Å². The number of hydrogen-bond acceptors (Lipinski definition) is 3. The molecule has 17 heavy (non-hydrogen) atoms. The van der Waals surface area contributed by atoms with Crippen LogP contribution in [0, 0.1) is 0 Å². The Morgan fingerprint density at radius 3 is 2.65 bits per heavy atom. The standard InChI is InChI=1S/C10H7F3N2O2/c1-15-6(7-3-2-4-17-7)5-8(10(11,12)13)14-9(15)16/h2-5H,1H3. The molecule has 0 N–H and O–H groups in total. The van der Waals surface area contributed by atoms with Crippen LogP contribution in [0.3, 0.4) is 0 Å². The average Bonchev–Trinajstić information content (AvgIpc) is 2.73. The second kappa shape index (κ2) is 3.76. The average molecular weight is 244 g/mol. The molecule has 2 rings (SSSR count). The molecule has 0 bridgehead atoms. The molecule has 4 nitrogen and oxygen atoms in total. The number of furan rings is 1. The summed E-state index contributed by atoms with van der Waals surface area (Å²) in [5.74, 6) is 0.178. The highest BCUT2D eigenvalue weighted by molar-refractivity contribution is 5.52. The highest BCUT2D eigenvalue weighted by atomic mass is 19.4. The summed E-state index contributed by atoms with van der Waals surface area (Å²) in [6.07, 6.45) is -3.34. The molecule has 0 amide bonds. The van der Waals surface area contributed by atoms with Gasteiger partial charge in [-0.1, -0.05) is 0 Å². The van der Waals surface area contributed by atoms with Crippen molar-refractivity contribution >= 4 is 0 Å². The maximum Gasteiger partial charge on any atom is 0.433 e. The summed E-state index contributed by atoms with van der Waals surface area (Å²) < 4.78 is 43.4. The van der Waals surface area contributed by atoms with E-state index in [4.69, 9.17) is 4.42 Å². The lowest BCUT2D eigenvalue weighted by Crippen LogP contribution is -2.25. The van der Waals surface area contributed by atoms with Crippen LogP contribution in [-0.2, 0) is 13.2 Å². The second-order valence-corrected chi connectivity index (χ2v) is 3.34. The topological polar surface area (TPSA) is 48.0 Å². The van der Waals surface area contributed by atoms with Crippen LogP contribution in [0.25, 0.3) is 11.5 Å². The van der Waals surface area contributed by atoms with E-state index in [1.54, 1.807) is 0 Å². The highest BCUT2D eigenvalue weighted by Gasteiger charge is 2.34. The molecule has 2 heterocycles. The van der Waals surface area contributed by atoms with E-state index >= 15 is 0 Å². The minimum atomic E-state index is -4.66. The summed E-state index contributed by atoms with van der Waals surface area (Å²) >= 11 is 0. The SMILES string of the molecule is Cn1c(-c2ccco2)cc(C(F)(F)F)nc1=O. The molecule has 2 aromatic heterocycles. The Morgan fingerprint density at radius 1 is 1.41 bits per heavy atom. The van der Waals surface area contributed by atoms with Crippen LogP contribution in [0.15, 0.2) is 33.7 Å². The Bertz CT molecular complexity index is 585. The molecule has 0 aromatic carbocycles. The van der Waals surface area contributed by atoms with Gasteiger partial charge in [0.2, 0.25) is 0 Å². The van der Waals surface area contributed by atoms with Crippen LogP contribution in [0.2, 0.25) is 0 Å². The summed E-state index contributed by atoms with van der Waals surface area (Å²) in [6, 6.07) is 3.77. The van der Waals surface area contributed by atoms with Gasteiger partial charge in [0.15, 0.2) is 5.69 Å². The van der Waals surface area contributed by atoms with E-state index in [2.05, 4.69) is 4.98 Å². The lowest BCUT2D eigenvalue weighted by molar-refractivity contribution is -0.141. The van der Waals surface area contributed by atoms with Gasteiger partial charge in [-0.05, 0) is 18.2 Å². The van der Waals surface area contributed by atoms with Crippen molar-refractivity contribution in [2.75, 3.05) is 0 Å². The zero-order valence-corrected chi connectivity index (χ0v) is 8.65. The van der Waals surface area contributed by atoms with Gasteiger partial charge in [0.25, 0.3) is 0 Å². The Kier molecular flexibility index (Phi) is 2.53. The molecular formula is C10H7F3N2O2. The van der Waals surface area contributed by atoms with Gasteiger partial charge >= 0.3 is 11.9 Å². The van der Waals surface area contributed by atoms with E-state index in [9.17, 15) is 18.0 Å². The van der Waals surface area contributed by atoms with Gasteiger partial charge < -0.3 is 4.42 Å². The third-order valence-electron chi connectivity index (χ3n) is 2.20. The summed E-state index contributed by atoms with van der Waals surface area (Å²) in [5, 5.41) is 0. The van der Waals surface area contributed by atoms with Crippen molar-refractivity contribution in [3.63, 3.8) is 0 Å². The zero-order chi connectivity index (χ0) is 12.6. The van der Waals surface area contributed by atoms with E-state index in [-0.39, 0.29) is 11.5 Å². The zero-order valence-electron chi connectivity index (χ0n) is 8.65. The molecule has 7 heteroatoms. The largest absolute Gasteiger partial charge is 0.463 e. The molecule has 0 unspecified atom stereocenters. The maximum atomic E-state index is 12.5. The van der Waals surface area contributed by atoms with Gasteiger partial charge in [-0.15, -0.1) is 0 Å². The van der Waals surface area contributed by atoms with E-state index in [0.29, 0.717) is 0 Å². The maximum absolute atomic E-state index is 12.5. The van der Waals surface area contributed by atoms with Crippen LogP contribution >= 0.6 is 0 Å². The summed E-state index contributed by atoms with van der Waals surface area (Å²) in [7, 11) is 1.33. The predicted octanol–water partition coefficient (Wildman–Crippen LogP) is 2.06. The Morgan fingerprint density at radius 2 is 2.12 bits per heavy atom. The summed E-state index contributed by atoms with van der Waals surface area (Å²) in [5.41, 5.74) is -2.18. The molecule has 0 aliphatic rings. The van der Waals surface area contributed by atoms with Crippen molar-refractivity contribution in [3.05, 3.63) is 40.6 Å². The normalized spacial score (nSPS) is 11.8. The van der Waals surface area contributed by atoms with Gasteiger partial charge in [0.05, 0.1) is 12.0 Å². The van der Waals surface area contributed by atoms with Gasteiger partial charge in [0, 0.05) is 7.05 Å². The molecule has 0 saturated carbocycles. The van der Waals surface area contributed by atoms with E-state index in [0.717, 1.165) is 10.6 Å².